The molecule has 2 heterocycles. The number of rotatable bonds is 4. The topological polar surface area (TPSA) is 25.8 Å². The predicted molar refractivity (Wildman–Crippen MR) is 164 cm³/mol. The fourth-order valence-corrected chi connectivity index (χ4v) is 6.42. The first kappa shape index (κ1) is 23.0. The van der Waals surface area contributed by atoms with Gasteiger partial charge in [-0.05, 0) is 46.5 Å². The lowest BCUT2D eigenvalue weighted by Crippen LogP contribution is -1.93. The van der Waals surface area contributed by atoms with Crippen LogP contribution in [0.3, 0.4) is 0 Å². The Balaban J connectivity index is 1.32. The van der Waals surface area contributed by atoms with E-state index in [1.54, 1.807) is 11.3 Å². The first-order valence-corrected chi connectivity index (χ1v) is 14.1. The molecule has 7 rings (SSSR count). The lowest BCUT2D eigenvalue weighted by atomic mass is 9.98. The molecule has 0 aliphatic rings. The van der Waals surface area contributed by atoms with Crippen molar-refractivity contribution in [1.29, 1.82) is 0 Å². The van der Waals surface area contributed by atoms with E-state index in [1.807, 2.05) is 12.1 Å². The van der Waals surface area contributed by atoms with Crippen LogP contribution in [0.25, 0.3) is 65.2 Å². The Labute approximate surface area is 233 Å². The minimum atomic E-state index is 0.745. The van der Waals surface area contributed by atoms with Gasteiger partial charge >= 0.3 is 0 Å². The molecule has 0 aliphatic carbocycles. The van der Waals surface area contributed by atoms with Crippen molar-refractivity contribution >= 4 is 47.6 Å². The summed E-state index contributed by atoms with van der Waals surface area (Å²) in [5, 5.41) is 1.18. The van der Waals surface area contributed by atoms with Crippen LogP contribution in [-0.2, 0) is 0 Å². The summed E-state index contributed by atoms with van der Waals surface area (Å²) < 4.78 is 3.43. The molecule has 0 atom stereocenters. The molecule has 0 saturated carbocycles. The third kappa shape index (κ3) is 4.22. The lowest BCUT2D eigenvalue weighted by Gasteiger charge is -2.09. The van der Waals surface area contributed by atoms with Crippen LogP contribution in [0.5, 0.6) is 0 Å². The van der Waals surface area contributed by atoms with E-state index < -0.39 is 0 Å². The highest BCUT2D eigenvalue weighted by Gasteiger charge is 2.16. The highest BCUT2D eigenvalue weighted by Crippen LogP contribution is 2.39. The molecule has 0 spiro atoms. The summed E-state index contributed by atoms with van der Waals surface area (Å²) in [4.78, 5) is 10.2. The van der Waals surface area contributed by atoms with Crippen molar-refractivity contribution in [2.75, 3.05) is 0 Å². The molecule has 0 aliphatic heterocycles. The van der Waals surface area contributed by atoms with Gasteiger partial charge in [0, 0.05) is 25.7 Å². The first-order chi connectivity index (χ1) is 18.7. The number of benzene rings is 5. The van der Waals surface area contributed by atoms with Crippen molar-refractivity contribution in [3.63, 3.8) is 0 Å². The second kappa shape index (κ2) is 9.64. The Hall–Kier alpha value is -4.12. The largest absolute Gasteiger partial charge is 0.226 e. The van der Waals surface area contributed by atoms with Gasteiger partial charge < -0.3 is 0 Å². The molecule has 0 N–H and O–H groups in total. The van der Waals surface area contributed by atoms with E-state index in [1.165, 1.54) is 26.8 Å². The average Bonchev–Trinajstić information content (AvgIpc) is 3.36. The third-order valence-corrected chi connectivity index (χ3v) is 8.42. The van der Waals surface area contributed by atoms with E-state index in [0.29, 0.717) is 0 Å². The molecule has 0 saturated heterocycles. The van der Waals surface area contributed by atoms with Gasteiger partial charge in [0.2, 0.25) is 0 Å². The maximum absolute atomic E-state index is 5.10. The van der Waals surface area contributed by atoms with Crippen molar-refractivity contribution in [1.82, 2.24) is 9.97 Å². The minimum absolute atomic E-state index is 0.745. The van der Waals surface area contributed by atoms with Gasteiger partial charge in [-0.2, -0.15) is 0 Å². The van der Waals surface area contributed by atoms with Gasteiger partial charge in [0.05, 0.1) is 15.9 Å². The van der Waals surface area contributed by atoms with Gasteiger partial charge in [-0.15, -0.1) is 11.3 Å². The van der Waals surface area contributed by atoms with Crippen LogP contribution in [-0.4, -0.2) is 9.97 Å². The van der Waals surface area contributed by atoms with Crippen LogP contribution in [0.2, 0.25) is 0 Å². The molecule has 7 aromatic rings. The summed E-state index contributed by atoms with van der Waals surface area (Å²) in [6, 6.07) is 44.5. The quantitative estimate of drug-likeness (QED) is 0.211. The van der Waals surface area contributed by atoms with Gasteiger partial charge in [-0.25, -0.2) is 9.97 Å². The fraction of sp³-hybridized carbons (Fsp3) is 0. The van der Waals surface area contributed by atoms with E-state index in [2.05, 4.69) is 131 Å². The normalized spacial score (nSPS) is 11.3. The number of nitrogens with zero attached hydrogens (tertiary/aromatic N) is 2. The van der Waals surface area contributed by atoms with Crippen molar-refractivity contribution in [3.05, 3.63) is 132 Å². The molecule has 0 fully saturated rings. The van der Waals surface area contributed by atoms with Crippen LogP contribution in [0, 0.1) is 0 Å². The molecule has 5 aromatic carbocycles. The minimum Gasteiger partial charge on any atom is -0.226 e. The summed E-state index contributed by atoms with van der Waals surface area (Å²) in [7, 11) is 0. The van der Waals surface area contributed by atoms with Gasteiger partial charge in [0.15, 0.2) is 5.82 Å². The Morgan fingerprint density at radius 3 is 1.92 bits per heavy atom. The van der Waals surface area contributed by atoms with Gasteiger partial charge in [0.25, 0.3) is 0 Å². The van der Waals surface area contributed by atoms with Crippen molar-refractivity contribution in [2.24, 2.45) is 0 Å². The molecule has 0 unspecified atom stereocenters. The maximum atomic E-state index is 5.10. The fourth-order valence-electron chi connectivity index (χ4n) is 4.87. The zero-order valence-electron chi connectivity index (χ0n) is 20.3. The number of aromatic nitrogens is 2. The number of thiophene rings is 1. The Kier molecular flexibility index (Phi) is 5.84. The van der Waals surface area contributed by atoms with Crippen LogP contribution >= 0.6 is 27.3 Å². The van der Waals surface area contributed by atoms with Crippen molar-refractivity contribution in [3.8, 4) is 44.9 Å². The van der Waals surface area contributed by atoms with E-state index in [-0.39, 0.29) is 0 Å². The Morgan fingerprint density at radius 2 is 1.13 bits per heavy atom. The second-order valence-corrected chi connectivity index (χ2v) is 11.2. The molecule has 38 heavy (non-hydrogen) atoms. The highest BCUT2D eigenvalue weighted by molar-refractivity contribution is 9.10. The summed E-state index contributed by atoms with van der Waals surface area (Å²) in [6.45, 7) is 0. The number of halogens is 1. The third-order valence-electron chi connectivity index (χ3n) is 6.76. The Morgan fingerprint density at radius 1 is 0.500 bits per heavy atom. The zero-order valence-corrected chi connectivity index (χ0v) is 22.7. The molecular formula is C34H21BrN2S. The summed E-state index contributed by atoms with van der Waals surface area (Å²) in [6.07, 6.45) is 0. The molecular weight excluding hydrogens is 548 g/mol. The molecule has 0 bridgehead atoms. The molecule has 2 aromatic heterocycles. The summed E-state index contributed by atoms with van der Waals surface area (Å²) in [5.41, 5.74) is 8.84. The van der Waals surface area contributed by atoms with E-state index >= 15 is 0 Å². The van der Waals surface area contributed by atoms with Gasteiger partial charge in [0.1, 0.15) is 0 Å². The molecule has 4 heteroatoms. The van der Waals surface area contributed by atoms with Crippen LogP contribution in [0.4, 0.5) is 0 Å². The van der Waals surface area contributed by atoms with Crippen LogP contribution in [0.1, 0.15) is 0 Å². The van der Waals surface area contributed by atoms with Crippen molar-refractivity contribution < 1.29 is 0 Å². The molecule has 180 valence electrons. The van der Waals surface area contributed by atoms with Crippen molar-refractivity contribution in [2.45, 2.75) is 0 Å². The smallest absolute Gasteiger partial charge is 0.160 e. The average molecular weight is 570 g/mol. The second-order valence-electron chi connectivity index (χ2n) is 9.21. The summed E-state index contributed by atoms with van der Waals surface area (Å²) in [5.74, 6) is 0.745. The first-order valence-electron chi connectivity index (χ1n) is 12.4. The molecule has 0 radical (unpaired) electrons. The monoisotopic (exact) mass is 568 g/mol. The maximum Gasteiger partial charge on any atom is 0.160 e. The standard InChI is InChI=1S/C34H21BrN2S/c35-28-13-7-12-27(21-28)26-11-6-10-25(20-26)22-16-18-24(19-17-22)34-36-31(23-8-2-1-3-9-23)33-32(37-34)29-14-4-5-15-30(29)38-33/h1-21H. The zero-order chi connectivity index (χ0) is 25.5. The van der Waals surface area contributed by atoms with Crippen LogP contribution in [0.15, 0.2) is 132 Å². The number of fused-ring (bicyclic) bond motifs is 3. The van der Waals surface area contributed by atoms with E-state index in [4.69, 9.17) is 9.97 Å². The number of hydrogen-bond acceptors (Lipinski definition) is 3. The van der Waals surface area contributed by atoms with Gasteiger partial charge in [-0.1, -0.05) is 119 Å². The van der Waals surface area contributed by atoms with E-state index in [0.717, 1.165) is 42.9 Å². The molecule has 0 amide bonds. The highest BCUT2D eigenvalue weighted by atomic mass is 79.9. The number of hydrogen-bond donors (Lipinski definition) is 0. The Bertz CT molecular complexity index is 1920. The van der Waals surface area contributed by atoms with E-state index in [9.17, 15) is 0 Å². The summed E-state index contributed by atoms with van der Waals surface area (Å²) >= 11 is 5.35. The van der Waals surface area contributed by atoms with Crippen LogP contribution < -0.4 is 0 Å². The molecule has 2 nitrogen and oxygen atoms in total. The SMILES string of the molecule is Brc1cccc(-c2cccc(-c3ccc(-c4nc(-c5ccccc5)c5sc6ccccc6c5n4)cc3)c2)c1. The van der Waals surface area contributed by atoms with Gasteiger partial charge in [-0.3, -0.25) is 0 Å². The lowest BCUT2D eigenvalue weighted by molar-refractivity contribution is 1.24. The predicted octanol–water partition coefficient (Wildman–Crippen LogP) is 10.3.